The number of hydrogen-bond donors (Lipinski definition) is 2. The van der Waals surface area contributed by atoms with E-state index in [0.29, 0.717) is 17.5 Å². The number of hydrogen-bond acceptors (Lipinski definition) is 2. The van der Waals surface area contributed by atoms with Gasteiger partial charge in [0, 0.05) is 6.54 Å². The van der Waals surface area contributed by atoms with Crippen LogP contribution in [-0.4, -0.2) is 17.4 Å². The smallest absolute Gasteiger partial charge is 0.233 e. The third kappa shape index (κ3) is 4.72. The van der Waals surface area contributed by atoms with Gasteiger partial charge in [-0.25, -0.2) is 0 Å². The molecule has 0 atom stereocenters. The van der Waals surface area contributed by atoms with Crippen LogP contribution in [0.4, 0.5) is 0 Å². The van der Waals surface area contributed by atoms with Crippen LogP contribution in [0.5, 0.6) is 0 Å². The van der Waals surface area contributed by atoms with Crippen molar-refractivity contribution in [2.45, 2.75) is 67.2 Å². The van der Waals surface area contributed by atoms with Gasteiger partial charge >= 0.3 is 0 Å². The summed E-state index contributed by atoms with van der Waals surface area (Å²) in [5.41, 5.74) is 5.31. The molecular formula is C16H32N2OS. The normalized spacial score (nSPS) is 12.6. The van der Waals surface area contributed by atoms with Gasteiger partial charge < -0.3 is 11.1 Å². The fraction of sp³-hybridized carbons (Fsp3) is 0.875. The molecule has 0 heterocycles. The summed E-state index contributed by atoms with van der Waals surface area (Å²) >= 11 is 5.21. The van der Waals surface area contributed by atoms with Crippen molar-refractivity contribution in [2.75, 3.05) is 6.54 Å². The van der Waals surface area contributed by atoms with E-state index in [1.54, 1.807) is 0 Å². The Morgan fingerprint density at radius 3 is 1.95 bits per heavy atom. The monoisotopic (exact) mass is 300 g/mol. The van der Waals surface area contributed by atoms with Crippen LogP contribution in [0.25, 0.3) is 0 Å². The summed E-state index contributed by atoms with van der Waals surface area (Å²) in [6, 6.07) is 0. The van der Waals surface area contributed by atoms with Crippen LogP contribution in [0.1, 0.15) is 67.2 Å². The lowest BCUT2D eigenvalue weighted by Gasteiger charge is -2.34. The zero-order chi connectivity index (χ0) is 16.0. The highest BCUT2D eigenvalue weighted by molar-refractivity contribution is 7.80. The van der Waals surface area contributed by atoms with Crippen molar-refractivity contribution in [2.24, 2.45) is 22.5 Å². The molecule has 0 radical (unpaired) electrons. The van der Waals surface area contributed by atoms with Crippen LogP contribution in [0.2, 0.25) is 0 Å². The highest BCUT2D eigenvalue weighted by atomic mass is 32.1. The molecule has 0 rings (SSSR count). The van der Waals surface area contributed by atoms with Gasteiger partial charge in [-0.1, -0.05) is 66.6 Å². The minimum Gasteiger partial charge on any atom is -0.392 e. The predicted octanol–water partition coefficient (Wildman–Crippen LogP) is 3.66. The molecule has 1 amide bonds. The first kappa shape index (κ1) is 19.4. The van der Waals surface area contributed by atoms with Crippen molar-refractivity contribution in [1.29, 1.82) is 0 Å². The van der Waals surface area contributed by atoms with E-state index in [1.165, 1.54) is 0 Å². The first-order valence-electron chi connectivity index (χ1n) is 7.72. The van der Waals surface area contributed by atoms with Gasteiger partial charge in [-0.2, -0.15) is 0 Å². The van der Waals surface area contributed by atoms with Gasteiger partial charge in [-0.3, -0.25) is 4.79 Å². The van der Waals surface area contributed by atoms with E-state index in [0.717, 1.165) is 25.7 Å². The van der Waals surface area contributed by atoms with Crippen LogP contribution < -0.4 is 11.1 Å². The summed E-state index contributed by atoms with van der Waals surface area (Å²) in [7, 11) is 0. The molecule has 118 valence electrons. The summed E-state index contributed by atoms with van der Waals surface area (Å²) < 4.78 is 0. The Balaban J connectivity index is 5.02. The van der Waals surface area contributed by atoms with E-state index in [2.05, 4.69) is 46.9 Å². The Bertz CT molecular complexity index is 331. The second kappa shape index (κ2) is 7.96. The third-order valence-electron chi connectivity index (χ3n) is 4.53. The van der Waals surface area contributed by atoms with Gasteiger partial charge in [0.15, 0.2) is 0 Å². The number of nitrogens with two attached hydrogens (primary N) is 1. The Morgan fingerprint density at radius 1 is 1.20 bits per heavy atom. The number of amides is 1. The Morgan fingerprint density at radius 2 is 1.65 bits per heavy atom. The number of nitrogens with one attached hydrogen (secondary N) is 1. The SMILES string of the molecule is CCCC(CCC)(C(=O)NCC(C)(C)C(C)C)C(N)=S. The first-order valence-corrected chi connectivity index (χ1v) is 8.13. The molecule has 0 aromatic carbocycles. The third-order valence-corrected chi connectivity index (χ3v) is 4.92. The van der Waals surface area contributed by atoms with Gasteiger partial charge in [-0.05, 0) is 24.2 Å². The molecular weight excluding hydrogens is 268 g/mol. The lowest BCUT2D eigenvalue weighted by atomic mass is 9.77. The summed E-state index contributed by atoms with van der Waals surface area (Å²) in [5, 5.41) is 3.09. The van der Waals surface area contributed by atoms with E-state index < -0.39 is 5.41 Å². The fourth-order valence-corrected chi connectivity index (χ4v) is 2.54. The first-order chi connectivity index (χ1) is 9.14. The van der Waals surface area contributed by atoms with Crippen LogP contribution in [0.3, 0.4) is 0 Å². The molecule has 0 saturated carbocycles. The lowest BCUT2D eigenvalue weighted by molar-refractivity contribution is -0.128. The zero-order valence-electron chi connectivity index (χ0n) is 14.0. The van der Waals surface area contributed by atoms with Gasteiger partial charge in [0.25, 0.3) is 0 Å². The molecule has 3 N–H and O–H groups in total. The van der Waals surface area contributed by atoms with Crippen LogP contribution in [0, 0.1) is 16.7 Å². The lowest BCUT2D eigenvalue weighted by Crippen LogP contribution is -2.51. The van der Waals surface area contributed by atoms with Crippen molar-refractivity contribution in [1.82, 2.24) is 5.32 Å². The second-order valence-corrected chi connectivity index (χ2v) is 7.21. The fourth-order valence-electron chi connectivity index (χ4n) is 2.25. The Hall–Kier alpha value is -0.640. The average molecular weight is 301 g/mol. The molecule has 0 saturated heterocycles. The van der Waals surface area contributed by atoms with Crippen LogP contribution >= 0.6 is 12.2 Å². The minimum absolute atomic E-state index is 0.00225. The molecule has 4 heteroatoms. The summed E-state index contributed by atoms with van der Waals surface area (Å²) in [6.45, 7) is 13.5. The molecule has 0 unspecified atom stereocenters. The topological polar surface area (TPSA) is 55.1 Å². The molecule has 20 heavy (non-hydrogen) atoms. The highest BCUT2D eigenvalue weighted by Gasteiger charge is 2.40. The number of rotatable bonds is 9. The second-order valence-electron chi connectivity index (χ2n) is 6.77. The van der Waals surface area contributed by atoms with Crippen molar-refractivity contribution in [3.8, 4) is 0 Å². The number of carbonyl (C=O) groups excluding carboxylic acids is 1. The van der Waals surface area contributed by atoms with Gasteiger partial charge in [0.05, 0.1) is 10.4 Å². The van der Waals surface area contributed by atoms with E-state index >= 15 is 0 Å². The maximum absolute atomic E-state index is 12.7. The van der Waals surface area contributed by atoms with E-state index in [9.17, 15) is 4.79 Å². The maximum atomic E-state index is 12.7. The molecule has 3 nitrogen and oxygen atoms in total. The standard InChI is InChI=1S/C16H32N2OS/c1-7-9-16(10-8-2,13(17)20)14(19)18-11-15(5,6)12(3)4/h12H,7-11H2,1-6H3,(H2,17,20)(H,18,19). The molecule has 0 bridgehead atoms. The predicted molar refractivity (Wildman–Crippen MR) is 90.7 cm³/mol. The minimum atomic E-state index is -0.675. The molecule has 0 aliphatic rings. The van der Waals surface area contributed by atoms with E-state index in [1.807, 2.05) is 0 Å². The maximum Gasteiger partial charge on any atom is 0.233 e. The Kier molecular flexibility index (Phi) is 7.71. The van der Waals surface area contributed by atoms with Crippen molar-refractivity contribution in [3.05, 3.63) is 0 Å². The van der Waals surface area contributed by atoms with Gasteiger partial charge in [0.2, 0.25) is 5.91 Å². The van der Waals surface area contributed by atoms with Crippen molar-refractivity contribution < 1.29 is 4.79 Å². The van der Waals surface area contributed by atoms with Gasteiger partial charge in [0.1, 0.15) is 0 Å². The Labute approximate surface area is 130 Å². The number of carbonyl (C=O) groups is 1. The van der Waals surface area contributed by atoms with Crippen LogP contribution in [0.15, 0.2) is 0 Å². The summed E-state index contributed by atoms with van der Waals surface area (Å²) in [4.78, 5) is 13.0. The summed E-state index contributed by atoms with van der Waals surface area (Å²) in [6.07, 6.45) is 3.25. The summed E-state index contributed by atoms with van der Waals surface area (Å²) in [5.74, 6) is 0.502. The molecule has 0 aromatic rings. The molecule has 0 aromatic heterocycles. The molecule has 0 fully saturated rings. The van der Waals surface area contributed by atoms with E-state index in [-0.39, 0.29) is 11.3 Å². The molecule has 0 aliphatic carbocycles. The molecule has 0 spiro atoms. The highest BCUT2D eigenvalue weighted by Crippen LogP contribution is 2.32. The van der Waals surface area contributed by atoms with Crippen molar-refractivity contribution >= 4 is 23.1 Å². The quantitative estimate of drug-likeness (QED) is 0.639. The van der Waals surface area contributed by atoms with Crippen LogP contribution in [-0.2, 0) is 4.79 Å². The zero-order valence-corrected chi connectivity index (χ0v) is 14.8. The average Bonchev–Trinajstić information content (AvgIpc) is 2.35. The molecule has 0 aliphatic heterocycles. The van der Waals surface area contributed by atoms with Crippen molar-refractivity contribution in [3.63, 3.8) is 0 Å². The largest absolute Gasteiger partial charge is 0.392 e. The number of thiocarbonyl (C=S) groups is 1. The van der Waals surface area contributed by atoms with E-state index in [4.69, 9.17) is 18.0 Å². The van der Waals surface area contributed by atoms with Gasteiger partial charge in [-0.15, -0.1) is 0 Å².